The number of amides is 1. The van der Waals surface area contributed by atoms with Crippen molar-refractivity contribution in [1.29, 1.82) is 5.26 Å². The van der Waals surface area contributed by atoms with Crippen molar-refractivity contribution in [1.82, 2.24) is 15.1 Å². The quantitative estimate of drug-likeness (QED) is 0.321. The fourth-order valence-corrected chi connectivity index (χ4v) is 4.15. The molecule has 0 spiro atoms. The number of benzene rings is 1. The van der Waals surface area contributed by atoms with E-state index in [2.05, 4.69) is 10.4 Å². The molecule has 1 N–H and O–H groups in total. The Bertz CT molecular complexity index is 1080. The van der Waals surface area contributed by atoms with Gasteiger partial charge in [-0.25, -0.2) is 4.68 Å². The molecule has 2 aromatic heterocycles. The summed E-state index contributed by atoms with van der Waals surface area (Å²) in [6.45, 7) is 6.61. The predicted molar refractivity (Wildman–Crippen MR) is 116 cm³/mol. The predicted octanol–water partition coefficient (Wildman–Crippen LogP) is 3.65. The minimum atomic E-state index is -1.38. The van der Waals surface area contributed by atoms with Crippen molar-refractivity contribution in [2.45, 2.75) is 33.3 Å². The number of hydrogen-bond acceptors (Lipinski definition) is 6. The zero-order chi connectivity index (χ0) is 21.7. The number of aromatic nitrogens is 2. The van der Waals surface area contributed by atoms with Crippen LogP contribution >= 0.6 is 11.3 Å². The normalized spacial score (nSPS) is 12.1. The van der Waals surface area contributed by atoms with E-state index >= 15 is 0 Å². The highest BCUT2D eigenvalue weighted by Gasteiger charge is 2.29. The summed E-state index contributed by atoms with van der Waals surface area (Å²) in [5, 5.41) is 17.5. The molecule has 0 saturated carbocycles. The molecular formula is C22H24N4O3S. The summed E-state index contributed by atoms with van der Waals surface area (Å²) in [4.78, 5) is 26.5. The van der Waals surface area contributed by atoms with Gasteiger partial charge in [0.2, 0.25) is 5.91 Å². The summed E-state index contributed by atoms with van der Waals surface area (Å²) >= 11 is 1.24. The number of aryl methyl sites for hydroxylation is 1. The van der Waals surface area contributed by atoms with Crippen molar-refractivity contribution in [3.05, 3.63) is 47.0 Å². The van der Waals surface area contributed by atoms with Crippen LogP contribution in [0.15, 0.2) is 36.4 Å². The van der Waals surface area contributed by atoms with Crippen LogP contribution in [0.1, 0.15) is 35.6 Å². The Hall–Kier alpha value is -3.02. The standard InChI is InChI=1S/C22H24N4O3S/c1-14(2)29-11-7-10-24-21(28)18(13-23)20(27)19-12-17-15(3)25-26(22(17)30-19)16-8-5-4-6-9-16/h4-6,8-9,12,14,18H,7,10-11H2,1-3H3,(H,24,28). The maximum absolute atomic E-state index is 12.9. The largest absolute Gasteiger partial charge is 0.379 e. The lowest BCUT2D eigenvalue weighted by molar-refractivity contribution is -0.122. The number of Topliss-reactive ketones (excluding diaryl/α,β-unsaturated/α-hetero) is 1. The highest BCUT2D eigenvalue weighted by atomic mass is 32.1. The number of thiophene rings is 1. The molecular weight excluding hydrogens is 400 g/mol. The van der Waals surface area contributed by atoms with E-state index < -0.39 is 17.6 Å². The van der Waals surface area contributed by atoms with E-state index in [0.717, 1.165) is 21.6 Å². The number of para-hydroxylation sites is 1. The van der Waals surface area contributed by atoms with E-state index in [-0.39, 0.29) is 6.10 Å². The van der Waals surface area contributed by atoms with Gasteiger partial charge in [0.05, 0.1) is 28.4 Å². The lowest BCUT2D eigenvalue weighted by Crippen LogP contribution is -2.35. The van der Waals surface area contributed by atoms with Crippen LogP contribution in [0.5, 0.6) is 0 Å². The molecule has 1 amide bonds. The first-order valence-electron chi connectivity index (χ1n) is 9.80. The lowest BCUT2D eigenvalue weighted by Gasteiger charge is -2.10. The number of ether oxygens (including phenoxy) is 1. The molecule has 0 aliphatic rings. The molecule has 156 valence electrons. The Morgan fingerprint density at radius 3 is 2.70 bits per heavy atom. The van der Waals surface area contributed by atoms with Crippen molar-refractivity contribution >= 4 is 33.2 Å². The molecule has 3 aromatic rings. The molecule has 0 radical (unpaired) electrons. The van der Waals surface area contributed by atoms with Crippen molar-refractivity contribution < 1.29 is 14.3 Å². The van der Waals surface area contributed by atoms with E-state index in [1.807, 2.05) is 57.2 Å². The maximum atomic E-state index is 12.9. The minimum Gasteiger partial charge on any atom is -0.379 e. The Balaban J connectivity index is 1.75. The molecule has 2 heterocycles. The van der Waals surface area contributed by atoms with E-state index in [9.17, 15) is 14.9 Å². The number of nitriles is 1. The second-order valence-corrected chi connectivity index (χ2v) is 8.18. The van der Waals surface area contributed by atoms with Gasteiger partial charge < -0.3 is 10.1 Å². The second kappa shape index (κ2) is 9.65. The van der Waals surface area contributed by atoms with Crippen molar-refractivity contribution in [3.63, 3.8) is 0 Å². The number of nitrogens with one attached hydrogen (secondary N) is 1. The first-order chi connectivity index (χ1) is 14.4. The Kier molecular flexibility index (Phi) is 6.98. The van der Waals surface area contributed by atoms with Gasteiger partial charge in [-0.2, -0.15) is 10.4 Å². The smallest absolute Gasteiger partial charge is 0.245 e. The van der Waals surface area contributed by atoms with Crippen molar-refractivity contribution in [2.75, 3.05) is 13.2 Å². The average molecular weight is 425 g/mol. The van der Waals surface area contributed by atoms with Crippen LogP contribution in [-0.4, -0.2) is 40.7 Å². The number of fused-ring (bicyclic) bond motifs is 1. The van der Waals surface area contributed by atoms with Crippen LogP contribution in [0.2, 0.25) is 0 Å². The highest BCUT2D eigenvalue weighted by molar-refractivity contribution is 7.20. The fourth-order valence-electron chi connectivity index (χ4n) is 3.00. The number of rotatable bonds is 9. The molecule has 0 fully saturated rings. The van der Waals surface area contributed by atoms with Crippen molar-refractivity contribution in [3.8, 4) is 11.8 Å². The van der Waals surface area contributed by atoms with Crippen LogP contribution in [0.4, 0.5) is 0 Å². The fraction of sp³-hybridized carbons (Fsp3) is 0.364. The number of ketones is 1. The van der Waals surface area contributed by atoms with Gasteiger partial charge in [-0.3, -0.25) is 9.59 Å². The zero-order valence-electron chi connectivity index (χ0n) is 17.2. The van der Waals surface area contributed by atoms with Crippen LogP contribution < -0.4 is 5.32 Å². The summed E-state index contributed by atoms with van der Waals surface area (Å²) in [5.41, 5.74) is 1.67. The maximum Gasteiger partial charge on any atom is 0.245 e. The Labute approximate surface area is 179 Å². The van der Waals surface area contributed by atoms with Crippen molar-refractivity contribution in [2.24, 2.45) is 5.92 Å². The number of hydrogen-bond donors (Lipinski definition) is 1. The van der Waals surface area contributed by atoms with Gasteiger partial charge in [0, 0.05) is 18.5 Å². The summed E-state index contributed by atoms with van der Waals surface area (Å²) in [5.74, 6) is -2.45. The molecule has 1 aromatic carbocycles. The monoisotopic (exact) mass is 424 g/mol. The van der Waals surface area contributed by atoms with Crippen LogP contribution in [-0.2, 0) is 9.53 Å². The van der Waals surface area contributed by atoms with Gasteiger partial charge >= 0.3 is 0 Å². The first-order valence-corrected chi connectivity index (χ1v) is 10.6. The van der Waals surface area contributed by atoms with E-state index in [0.29, 0.717) is 24.4 Å². The molecule has 3 rings (SSSR count). The van der Waals surface area contributed by atoms with Gasteiger partial charge in [-0.1, -0.05) is 18.2 Å². The van der Waals surface area contributed by atoms with Gasteiger partial charge in [0.15, 0.2) is 11.7 Å². The SMILES string of the molecule is Cc1nn(-c2ccccc2)c2sc(C(=O)C(C#N)C(=O)NCCCOC(C)C)cc12. The number of carbonyl (C=O) groups excluding carboxylic acids is 2. The molecule has 0 bridgehead atoms. The zero-order valence-corrected chi connectivity index (χ0v) is 18.0. The van der Waals surface area contributed by atoms with E-state index in [1.54, 1.807) is 10.7 Å². The molecule has 0 aliphatic heterocycles. The molecule has 1 atom stereocenters. The Morgan fingerprint density at radius 2 is 2.03 bits per heavy atom. The van der Waals surface area contributed by atoms with Crippen LogP contribution in [0, 0.1) is 24.2 Å². The topological polar surface area (TPSA) is 97.0 Å². The summed E-state index contributed by atoms with van der Waals surface area (Å²) in [6.07, 6.45) is 0.739. The second-order valence-electron chi connectivity index (χ2n) is 7.15. The molecule has 1 unspecified atom stereocenters. The Morgan fingerprint density at radius 1 is 1.30 bits per heavy atom. The average Bonchev–Trinajstić information content (AvgIpc) is 3.29. The molecule has 7 nitrogen and oxygen atoms in total. The third kappa shape index (κ3) is 4.75. The number of carbonyl (C=O) groups is 2. The summed E-state index contributed by atoms with van der Waals surface area (Å²) in [6, 6.07) is 13.2. The first kappa shape index (κ1) is 21.7. The summed E-state index contributed by atoms with van der Waals surface area (Å²) < 4.78 is 7.20. The van der Waals surface area contributed by atoms with E-state index in [1.165, 1.54) is 11.3 Å². The third-order valence-electron chi connectivity index (χ3n) is 4.51. The minimum absolute atomic E-state index is 0.123. The van der Waals surface area contributed by atoms with Gasteiger partial charge in [-0.15, -0.1) is 11.3 Å². The van der Waals surface area contributed by atoms with Gasteiger partial charge in [0.25, 0.3) is 0 Å². The van der Waals surface area contributed by atoms with Gasteiger partial charge in [0.1, 0.15) is 4.83 Å². The van der Waals surface area contributed by atoms with E-state index in [4.69, 9.17) is 4.74 Å². The molecule has 0 aliphatic carbocycles. The summed E-state index contributed by atoms with van der Waals surface area (Å²) in [7, 11) is 0. The highest BCUT2D eigenvalue weighted by Crippen LogP contribution is 2.31. The van der Waals surface area contributed by atoms with Crippen LogP contribution in [0.25, 0.3) is 15.9 Å². The molecule has 30 heavy (non-hydrogen) atoms. The lowest BCUT2D eigenvalue weighted by atomic mass is 10.0. The molecule has 8 heteroatoms. The van der Waals surface area contributed by atoms with Crippen LogP contribution in [0.3, 0.4) is 0 Å². The van der Waals surface area contributed by atoms with Gasteiger partial charge in [-0.05, 0) is 45.4 Å². The number of nitrogens with zero attached hydrogens (tertiary/aromatic N) is 3. The third-order valence-corrected chi connectivity index (χ3v) is 5.64. The molecule has 0 saturated heterocycles.